The summed E-state index contributed by atoms with van der Waals surface area (Å²) in [5.41, 5.74) is 7.68. The second-order valence-electron chi connectivity index (χ2n) is 4.03. The maximum Gasteiger partial charge on any atom is 0.144 e. The fourth-order valence-electron chi connectivity index (χ4n) is 1.66. The Kier molecular flexibility index (Phi) is 5.63. The molecule has 0 aliphatic rings. The summed E-state index contributed by atoms with van der Waals surface area (Å²) in [4.78, 5) is 2.21. The molecule has 1 aromatic carbocycles. The molecule has 96 valence electrons. The minimum atomic E-state index is 0.636. The zero-order valence-electron chi connectivity index (χ0n) is 11.0. The van der Waals surface area contributed by atoms with Crippen molar-refractivity contribution in [1.82, 2.24) is 5.32 Å². The van der Waals surface area contributed by atoms with Crippen molar-refractivity contribution in [2.24, 2.45) is 0 Å². The first-order valence-electron chi connectivity index (χ1n) is 6.07. The topological polar surface area (TPSA) is 50.5 Å². The van der Waals surface area contributed by atoms with Crippen LogP contribution in [0, 0.1) is 0 Å². The lowest BCUT2D eigenvalue weighted by Gasteiger charge is -2.20. The molecule has 0 fully saturated rings. The minimum Gasteiger partial charge on any atom is -0.492 e. The van der Waals surface area contributed by atoms with Crippen LogP contribution in [0.15, 0.2) is 18.2 Å². The Hall–Kier alpha value is -1.42. The number of hydrogen-bond donors (Lipinski definition) is 2. The van der Waals surface area contributed by atoms with Crippen LogP contribution in [0.25, 0.3) is 0 Å². The molecular formula is C13H23N3O. The maximum atomic E-state index is 5.84. The van der Waals surface area contributed by atoms with Crippen molar-refractivity contribution in [3.8, 4) is 5.75 Å². The lowest BCUT2D eigenvalue weighted by Crippen LogP contribution is -2.22. The lowest BCUT2D eigenvalue weighted by molar-refractivity contribution is 0.342. The van der Waals surface area contributed by atoms with Crippen LogP contribution in [0.2, 0.25) is 0 Å². The standard InChI is InChI=1S/C13H23N3O/c1-4-17-13-10-11(6-7-12(13)14)16(3)9-5-8-15-2/h6-7,10,15H,4-5,8-9,14H2,1-3H3. The van der Waals surface area contributed by atoms with E-state index in [-0.39, 0.29) is 0 Å². The van der Waals surface area contributed by atoms with Crippen molar-refractivity contribution in [1.29, 1.82) is 0 Å². The first-order valence-corrected chi connectivity index (χ1v) is 6.07. The number of benzene rings is 1. The zero-order chi connectivity index (χ0) is 12.7. The second kappa shape index (κ2) is 7.01. The Morgan fingerprint density at radius 1 is 1.41 bits per heavy atom. The van der Waals surface area contributed by atoms with E-state index in [1.807, 2.05) is 32.2 Å². The highest BCUT2D eigenvalue weighted by atomic mass is 16.5. The van der Waals surface area contributed by atoms with Crippen molar-refractivity contribution in [3.63, 3.8) is 0 Å². The van der Waals surface area contributed by atoms with Crippen LogP contribution in [0.4, 0.5) is 11.4 Å². The summed E-state index contributed by atoms with van der Waals surface area (Å²) >= 11 is 0. The van der Waals surface area contributed by atoms with Gasteiger partial charge in [-0.15, -0.1) is 0 Å². The molecule has 0 amide bonds. The highest BCUT2D eigenvalue weighted by Crippen LogP contribution is 2.27. The summed E-state index contributed by atoms with van der Waals surface area (Å²) in [6.07, 6.45) is 1.11. The van der Waals surface area contributed by atoms with E-state index in [0.29, 0.717) is 12.3 Å². The smallest absolute Gasteiger partial charge is 0.144 e. The molecule has 0 saturated heterocycles. The van der Waals surface area contributed by atoms with Gasteiger partial charge in [-0.25, -0.2) is 0 Å². The van der Waals surface area contributed by atoms with Gasteiger partial charge in [0.15, 0.2) is 0 Å². The van der Waals surface area contributed by atoms with E-state index < -0.39 is 0 Å². The number of rotatable bonds is 7. The SMILES string of the molecule is CCOc1cc(N(C)CCCNC)ccc1N. The summed E-state index contributed by atoms with van der Waals surface area (Å²) in [6, 6.07) is 5.92. The zero-order valence-corrected chi connectivity index (χ0v) is 11.0. The molecule has 0 aliphatic carbocycles. The molecule has 1 rings (SSSR count). The van der Waals surface area contributed by atoms with Gasteiger partial charge in [-0.2, -0.15) is 0 Å². The van der Waals surface area contributed by atoms with Crippen molar-refractivity contribution in [2.75, 3.05) is 44.4 Å². The van der Waals surface area contributed by atoms with Gasteiger partial charge in [0, 0.05) is 25.3 Å². The number of ether oxygens (including phenoxy) is 1. The predicted octanol–water partition coefficient (Wildman–Crippen LogP) is 1.71. The summed E-state index contributed by atoms with van der Waals surface area (Å²) in [5, 5.41) is 3.14. The first kappa shape index (κ1) is 13.6. The van der Waals surface area contributed by atoms with Gasteiger partial charge in [0.05, 0.1) is 12.3 Å². The molecule has 0 atom stereocenters. The number of nitrogen functional groups attached to an aromatic ring is 1. The van der Waals surface area contributed by atoms with Crippen LogP contribution in [0.5, 0.6) is 5.75 Å². The molecule has 4 nitrogen and oxygen atoms in total. The maximum absolute atomic E-state index is 5.84. The fraction of sp³-hybridized carbons (Fsp3) is 0.538. The quantitative estimate of drug-likeness (QED) is 0.560. The van der Waals surface area contributed by atoms with Gasteiger partial charge in [0.25, 0.3) is 0 Å². The average Bonchev–Trinajstić information content (AvgIpc) is 2.32. The monoisotopic (exact) mass is 237 g/mol. The Labute approximate surface area is 104 Å². The van der Waals surface area contributed by atoms with Gasteiger partial charge < -0.3 is 20.7 Å². The summed E-state index contributed by atoms with van der Waals surface area (Å²) in [7, 11) is 4.05. The molecule has 0 unspecified atom stereocenters. The number of nitrogens with two attached hydrogens (primary N) is 1. The van der Waals surface area contributed by atoms with Gasteiger partial charge in [-0.05, 0) is 39.1 Å². The molecular weight excluding hydrogens is 214 g/mol. The van der Waals surface area contributed by atoms with Gasteiger partial charge >= 0.3 is 0 Å². The highest BCUT2D eigenvalue weighted by molar-refractivity contribution is 5.62. The minimum absolute atomic E-state index is 0.636. The predicted molar refractivity (Wildman–Crippen MR) is 73.8 cm³/mol. The van der Waals surface area contributed by atoms with Crippen LogP contribution in [-0.2, 0) is 0 Å². The lowest BCUT2D eigenvalue weighted by atomic mass is 10.2. The fourth-order valence-corrected chi connectivity index (χ4v) is 1.66. The third-order valence-electron chi connectivity index (χ3n) is 2.66. The van der Waals surface area contributed by atoms with Gasteiger partial charge in [-0.1, -0.05) is 0 Å². The molecule has 1 aromatic rings. The molecule has 0 heterocycles. The van der Waals surface area contributed by atoms with E-state index in [1.54, 1.807) is 0 Å². The number of nitrogens with one attached hydrogen (secondary N) is 1. The van der Waals surface area contributed by atoms with Gasteiger partial charge in [0.2, 0.25) is 0 Å². The molecule has 17 heavy (non-hydrogen) atoms. The molecule has 0 aliphatic heterocycles. The molecule has 0 radical (unpaired) electrons. The van der Waals surface area contributed by atoms with Crippen molar-refractivity contribution in [2.45, 2.75) is 13.3 Å². The van der Waals surface area contributed by atoms with E-state index >= 15 is 0 Å². The number of anilines is 2. The van der Waals surface area contributed by atoms with Crippen molar-refractivity contribution >= 4 is 11.4 Å². The molecule has 0 spiro atoms. The van der Waals surface area contributed by atoms with E-state index in [4.69, 9.17) is 10.5 Å². The van der Waals surface area contributed by atoms with E-state index in [1.165, 1.54) is 0 Å². The molecule has 3 N–H and O–H groups in total. The number of hydrogen-bond acceptors (Lipinski definition) is 4. The number of nitrogens with zero attached hydrogens (tertiary/aromatic N) is 1. The van der Waals surface area contributed by atoms with Crippen LogP contribution < -0.4 is 20.7 Å². The van der Waals surface area contributed by atoms with Gasteiger partial charge in [0.1, 0.15) is 5.75 Å². The van der Waals surface area contributed by atoms with Crippen LogP contribution in [-0.4, -0.2) is 33.8 Å². The molecule has 4 heteroatoms. The molecule has 0 bridgehead atoms. The Morgan fingerprint density at radius 2 is 2.18 bits per heavy atom. The molecule has 0 aromatic heterocycles. The van der Waals surface area contributed by atoms with E-state index in [0.717, 1.165) is 30.9 Å². The van der Waals surface area contributed by atoms with E-state index in [9.17, 15) is 0 Å². The average molecular weight is 237 g/mol. The Bertz CT molecular complexity index is 341. The van der Waals surface area contributed by atoms with Crippen molar-refractivity contribution < 1.29 is 4.74 Å². The van der Waals surface area contributed by atoms with Gasteiger partial charge in [-0.3, -0.25) is 0 Å². The Morgan fingerprint density at radius 3 is 2.82 bits per heavy atom. The third-order valence-corrected chi connectivity index (χ3v) is 2.66. The first-order chi connectivity index (χ1) is 8.19. The van der Waals surface area contributed by atoms with Crippen LogP contribution >= 0.6 is 0 Å². The second-order valence-corrected chi connectivity index (χ2v) is 4.03. The third kappa shape index (κ3) is 4.15. The highest BCUT2D eigenvalue weighted by Gasteiger charge is 2.05. The van der Waals surface area contributed by atoms with E-state index in [2.05, 4.69) is 17.3 Å². The van der Waals surface area contributed by atoms with Crippen LogP contribution in [0.3, 0.4) is 0 Å². The van der Waals surface area contributed by atoms with Crippen LogP contribution in [0.1, 0.15) is 13.3 Å². The normalized spacial score (nSPS) is 10.3. The summed E-state index contributed by atoms with van der Waals surface area (Å²) < 4.78 is 5.49. The molecule has 0 saturated carbocycles. The summed E-state index contributed by atoms with van der Waals surface area (Å²) in [5.74, 6) is 0.769. The largest absolute Gasteiger partial charge is 0.492 e. The Balaban J connectivity index is 2.66. The van der Waals surface area contributed by atoms with Crippen molar-refractivity contribution in [3.05, 3.63) is 18.2 Å². The summed E-state index contributed by atoms with van der Waals surface area (Å²) in [6.45, 7) is 4.63.